The summed E-state index contributed by atoms with van der Waals surface area (Å²) in [5, 5.41) is 1.08. The van der Waals surface area contributed by atoms with Gasteiger partial charge in [-0.25, -0.2) is 0 Å². The molecular weight excluding hydrogens is 467 g/mol. The lowest BCUT2D eigenvalue weighted by Gasteiger charge is -2.19. The maximum absolute atomic E-state index is 13.8. The van der Waals surface area contributed by atoms with E-state index in [1.165, 1.54) is 11.6 Å². The van der Waals surface area contributed by atoms with Crippen LogP contribution in [0.15, 0.2) is 36.4 Å². The average Bonchev–Trinajstić information content (AvgIpc) is 3.57. The molecule has 1 fully saturated rings. The van der Waals surface area contributed by atoms with E-state index in [0.29, 0.717) is 42.9 Å². The third-order valence-electron chi connectivity index (χ3n) is 7.66. The number of H-pyrrole nitrogens is 1. The van der Waals surface area contributed by atoms with Crippen LogP contribution >= 0.6 is 0 Å². The first kappa shape index (κ1) is 24.7. The number of nitrogens with one attached hydrogen (secondary N) is 1. The molecule has 0 radical (unpaired) electrons. The van der Waals surface area contributed by atoms with Crippen molar-refractivity contribution in [3.63, 3.8) is 0 Å². The third-order valence-corrected chi connectivity index (χ3v) is 7.66. The minimum Gasteiger partial charge on any atom is -0.493 e. The molecule has 0 saturated heterocycles. The molecule has 1 aromatic heterocycles. The van der Waals surface area contributed by atoms with Crippen molar-refractivity contribution < 1.29 is 27.4 Å². The Balaban J connectivity index is 1.26. The van der Waals surface area contributed by atoms with Crippen LogP contribution in [0.3, 0.4) is 0 Å². The number of carbonyl (C=O) groups is 1. The Hall–Kier alpha value is -2.96. The van der Waals surface area contributed by atoms with Crippen LogP contribution in [0.2, 0.25) is 0 Å². The number of hydrogen-bond acceptors (Lipinski definition) is 3. The fourth-order valence-electron chi connectivity index (χ4n) is 5.93. The Morgan fingerprint density at radius 2 is 1.89 bits per heavy atom. The topological polar surface area (TPSA) is 51.3 Å². The van der Waals surface area contributed by atoms with Crippen LogP contribution < -0.4 is 4.74 Å². The van der Waals surface area contributed by atoms with Gasteiger partial charge in [0, 0.05) is 28.9 Å². The number of alkyl halides is 3. The number of aryl methyl sites for hydroxylation is 1. The Bertz CT molecular complexity index is 1240. The SMILES string of the molecule is CCOC(=O)C[C@@H]1CCc2c1[nH]c1ccc(OCCc3ccc(C4CCCC4)c(C(F)(F)F)c3)cc21. The second kappa shape index (κ2) is 10.2. The van der Waals surface area contributed by atoms with Gasteiger partial charge in [0.1, 0.15) is 5.75 Å². The average molecular weight is 500 g/mol. The van der Waals surface area contributed by atoms with Gasteiger partial charge in [-0.2, -0.15) is 13.2 Å². The van der Waals surface area contributed by atoms with Gasteiger partial charge in [0.05, 0.1) is 25.2 Å². The van der Waals surface area contributed by atoms with Crippen molar-refractivity contribution in [2.75, 3.05) is 13.2 Å². The van der Waals surface area contributed by atoms with Crippen molar-refractivity contribution in [1.82, 2.24) is 4.98 Å². The molecule has 1 N–H and O–H groups in total. The molecule has 2 aliphatic rings. The van der Waals surface area contributed by atoms with Gasteiger partial charge in [-0.15, -0.1) is 0 Å². The lowest BCUT2D eigenvalue weighted by atomic mass is 9.91. The van der Waals surface area contributed by atoms with Crippen LogP contribution in [-0.2, 0) is 28.5 Å². The molecule has 2 aromatic carbocycles. The highest BCUT2D eigenvalue weighted by Crippen LogP contribution is 2.42. The molecule has 0 bridgehead atoms. The van der Waals surface area contributed by atoms with Crippen molar-refractivity contribution in [2.24, 2.45) is 0 Å². The molecule has 192 valence electrons. The fourth-order valence-corrected chi connectivity index (χ4v) is 5.93. The molecule has 3 aromatic rings. The summed E-state index contributed by atoms with van der Waals surface area (Å²) in [4.78, 5) is 15.4. The molecule has 1 heterocycles. The standard InChI is InChI=1S/C29H32F3NO3/c1-2-35-27(34)16-20-8-11-23-24-17-21(9-12-26(24)33-28(20)23)36-14-13-18-7-10-22(19-5-3-4-6-19)25(15-18)29(30,31)32/h7,9-10,12,15,17,19-20,33H,2-6,8,11,13-14,16H2,1H3/t20-/m0/s1. The molecule has 1 atom stereocenters. The fraction of sp³-hybridized carbons (Fsp3) is 0.483. The smallest absolute Gasteiger partial charge is 0.416 e. The number of benzene rings is 2. The monoisotopic (exact) mass is 499 g/mol. The van der Waals surface area contributed by atoms with Crippen molar-refractivity contribution in [2.45, 2.75) is 76.3 Å². The van der Waals surface area contributed by atoms with Gasteiger partial charge in [0.2, 0.25) is 0 Å². The zero-order valence-corrected chi connectivity index (χ0v) is 20.5. The van der Waals surface area contributed by atoms with Crippen LogP contribution in [0.25, 0.3) is 10.9 Å². The molecule has 1 saturated carbocycles. The largest absolute Gasteiger partial charge is 0.493 e. The van der Waals surface area contributed by atoms with E-state index in [1.54, 1.807) is 6.07 Å². The van der Waals surface area contributed by atoms with Gasteiger partial charge in [0.25, 0.3) is 0 Å². The van der Waals surface area contributed by atoms with E-state index >= 15 is 0 Å². The highest BCUT2D eigenvalue weighted by Gasteiger charge is 2.36. The van der Waals surface area contributed by atoms with Crippen LogP contribution in [0, 0.1) is 0 Å². The Morgan fingerprint density at radius 3 is 2.64 bits per heavy atom. The second-order valence-electron chi connectivity index (χ2n) is 9.97. The first-order valence-corrected chi connectivity index (χ1v) is 13.0. The lowest BCUT2D eigenvalue weighted by molar-refractivity contribution is -0.143. The number of esters is 1. The van der Waals surface area contributed by atoms with E-state index < -0.39 is 11.7 Å². The quantitative estimate of drug-likeness (QED) is 0.328. The minimum absolute atomic E-state index is 0.0126. The van der Waals surface area contributed by atoms with E-state index in [4.69, 9.17) is 9.47 Å². The zero-order chi connectivity index (χ0) is 25.3. The van der Waals surface area contributed by atoms with Crippen LogP contribution in [-0.4, -0.2) is 24.2 Å². The van der Waals surface area contributed by atoms with Gasteiger partial charge in [-0.05, 0) is 79.5 Å². The predicted molar refractivity (Wildman–Crippen MR) is 132 cm³/mol. The molecule has 0 amide bonds. The summed E-state index contributed by atoms with van der Waals surface area (Å²) in [7, 11) is 0. The first-order valence-electron chi connectivity index (χ1n) is 13.0. The van der Waals surface area contributed by atoms with Crippen LogP contribution in [0.1, 0.15) is 85.2 Å². The number of aromatic amines is 1. The van der Waals surface area contributed by atoms with E-state index in [0.717, 1.165) is 55.1 Å². The normalized spacial score (nSPS) is 18.1. The van der Waals surface area contributed by atoms with E-state index in [2.05, 4.69) is 4.98 Å². The number of rotatable bonds is 8. The zero-order valence-electron chi connectivity index (χ0n) is 20.5. The minimum atomic E-state index is -4.35. The summed E-state index contributed by atoms with van der Waals surface area (Å²) in [6.45, 7) is 2.49. The van der Waals surface area contributed by atoms with Crippen molar-refractivity contribution >= 4 is 16.9 Å². The first-order chi connectivity index (χ1) is 17.3. The maximum Gasteiger partial charge on any atom is 0.416 e. The van der Waals surface area contributed by atoms with Gasteiger partial charge in [-0.3, -0.25) is 4.79 Å². The van der Waals surface area contributed by atoms with E-state index in [-0.39, 0.29) is 17.8 Å². The summed E-state index contributed by atoms with van der Waals surface area (Å²) in [5.41, 5.74) is 3.89. The predicted octanol–water partition coefficient (Wildman–Crippen LogP) is 7.45. The highest BCUT2D eigenvalue weighted by molar-refractivity contribution is 5.87. The maximum atomic E-state index is 13.8. The molecule has 36 heavy (non-hydrogen) atoms. The van der Waals surface area contributed by atoms with E-state index in [9.17, 15) is 18.0 Å². The molecule has 7 heteroatoms. The highest BCUT2D eigenvalue weighted by atomic mass is 19.4. The van der Waals surface area contributed by atoms with Crippen molar-refractivity contribution in [3.8, 4) is 5.75 Å². The van der Waals surface area contributed by atoms with Gasteiger partial charge in [0.15, 0.2) is 0 Å². The Morgan fingerprint density at radius 1 is 1.08 bits per heavy atom. The number of halogens is 3. The molecular formula is C29H32F3NO3. The van der Waals surface area contributed by atoms with Crippen molar-refractivity contribution in [1.29, 1.82) is 0 Å². The Kier molecular flexibility index (Phi) is 7.00. The second-order valence-corrected chi connectivity index (χ2v) is 9.97. The van der Waals surface area contributed by atoms with Gasteiger partial charge < -0.3 is 14.5 Å². The van der Waals surface area contributed by atoms with Gasteiger partial charge >= 0.3 is 12.1 Å². The summed E-state index contributed by atoms with van der Waals surface area (Å²) in [6.07, 6.45) is 1.88. The molecule has 2 aliphatic carbocycles. The number of fused-ring (bicyclic) bond motifs is 3. The lowest BCUT2D eigenvalue weighted by Crippen LogP contribution is -2.12. The molecule has 0 spiro atoms. The summed E-state index contributed by atoms with van der Waals surface area (Å²) in [5.74, 6) is 0.657. The van der Waals surface area contributed by atoms with Gasteiger partial charge in [-0.1, -0.05) is 25.0 Å². The number of hydrogen-bond donors (Lipinski definition) is 1. The number of ether oxygens (including phenoxy) is 2. The summed E-state index contributed by atoms with van der Waals surface area (Å²) < 4.78 is 52.4. The molecule has 0 aliphatic heterocycles. The molecule has 4 nitrogen and oxygen atoms in total. The summed E-state index contributed by atoms with van der Waals surface area (Å²) >= 11 is 0. The molecule has 0 unspecified atom stereocenters. The molecule has 5 rings (SSSR count). The van der Waals surface area contributed by atoms with Crippen LogP contribution in [0.4, 0.5) is 13.2 Å². The van der Waals surface area contributed by atoms with Crippen molar-refractivity contribution in [3.05, 3.63) is 64.3 Å². The summed E-state index contributed by atoms with van der Waals surface area (Å²) in [6, 6.07) is 10.6. The number of carbonyl (C=O) groups excluding carboxylic acids is 1. The number of aromatic nitrogens is 1. The Labute approximate surface area is 209 Å². The van der Waals surface area contributed by atoms with Crippen LogP contribution in [0.5, 0.6) is 5.75 Å². The third kappa shape index (κ3) is 5.11. The van der Waals surface area contributed by atoms with E-state index in [1.807, 2.05) is 31.2 Å².